The molecule has 0 saturated carbocycles. The Labute approximate surface area is 153 Å². The highest BCUT2D eigenvalue weighted by Crippen LogP contribution is 2.33. The maximum Gasteiger partial charge on any atom is 0.251 e. The van der Waals surface area contributed by atoms with Crippen LogP contribution in [0.2, 0.25) is 0 Å². The van der Waals surface area contributed by atoms with Crippen LogP contribution < -0.4 is 5.32 Å². The van der Waals surface area contributed by atoms with Crippen molar-refractivity contribution in [3.63, 3.8) is 0 Å². The van der Waals surface area contributed by atoms with Crippen LogP contribution in [0.25, 0.3) is 0 Å². The maximum atomic E-state index is 12.3. The first kappa shape index (κ1) is 17.6. The van der Waals surface area contributed by atoms with Gasteiger partial charge in [0.05, 0.1) is 5.41 Å². The molecule has 0 fully saturated rings. The van der Waals surface area contributed by atoms with Crippen LogP contribution >= 0.6 is 0 Å². The number of rotatable bonds is 7. The van der Waals surface area contributed by atoms with Gasteiger partial charge in [0.1, 0.15) is 6.29 Å². The number of carbonyl (C=O) groups is 2. The fourth-order valence-corrected chi connectivity index (χ4v) is 3.19. The second-order valence-corrected chi connectivity index (χ2v) is 6.19. The Bertz CT molecular complexity index is 806. The Morgan fingerprint density at radius 3 is 1.69 bits per heavy atom. The van der Waals surface area contributed by atoms with Crippen molar-refractivity contribution >= 4 is 12.2 Å². The van der Waals surface area contributed by atoms with Crippen LogP contribution in [0.15, 0.2) is 91.0 Å². The van der Waals surface area contributed by atoms with Crippen LogP contribution in [-0.4, -0.2) is 18.7 Å². The van der Waals surface area contributed by atoms with Crippen molar-refractivity contribution in [1.29, 1.82) is 0 Å². The van der Waals surface area contributed by atoms with Crippen LogP contribution in [0.1, 0.15) is 27.9 Å². The molecule has 3 heteroatoms. The summed E-state index contributed by atoms with van der Waals surface area (Å²) >= 11 is 0. The topological polar surface area (TPSA) is 46.2 Å². The first-order chi connectivity index (χ1) is 12.8. The van der Waals surface area contributed by atoms with Gasteiger partial charge in [-0.05, 0) is 29.7 Å². The van der Waals surface area contributed by atoms with Crippen LogP contribution in [0, 0.1) is 0 Å². The summed E-state index contributed by atoms with van der Waals surface area (Å²) in [5, 5.41) is 2.93. The summed E-state index contributed by atoms with van der Waals surface area (Å²) in [5.74, 6) is -0.133. The third kappa shape index (κ3) is 3.72. The van der Waals surface area contributed by atoms with E-state index in [9.17, 15) is 9.59 Å². The molecule has 26 heavy (non-hydrogen) atoms. The molecule has 0 saturated heterocycles. The average Bonchev–Trinajstić information content (AvgIpc) is 2.73. The zero-order valence-electron chi connectivity index (χ0n) is 14.5. The Morgan fingerprint density at radius 2 is 1.23 bits per heavy atom. The van der Waals surface area contributed by atoms with Crippen molar-refractivity contribution in [2.45, 2.75) is 11.8 Å². The minimum Gasteiger partial charge on any atom is -0.352 e. The number of hydrogen-bond donors (Lipinski definition) is 1. The van der Waals surface area contributed by atoms with Crippen molar-refractivity contribution in [3.05, 3.63) is 108 Å². The van der Waals surface area contributed by atoms with E-state index in [-0.39, 0.29) is 5.91 Å². The lowest BCUT2D eigenvalue weighted by atomic mass is 9.73. The Balaban J connectivity index is 1.83. The minimum absolute atomic E-state index is 0.133. The molecule has 0 radical (unpaired) electrons. The first-order valence-electron chi connectivity index (χ1n) is 8.67. The van der Waals surface area contributed by atoms with Gasteiger partial charge in [-0.3, -0.25) is 4.79 Å². The Morgan fingerprint density at radius 1 is 0.769 bits per heavy atom. The SMILES string of the molecule is O=CC(CCNC(=O)c1ccccc1)(c1ccccc1)c1ccccc1. The summed E-state index contributed by atoms with van der Waals surface area (Å²) in [5.41, 5.74) is 1.68. The fraction of sp³-hybridized carbons (Fsp3) is 0.130. The molecular weight excluding hydrogens is 322 g/mol. The maximum absolute atomic E-state index is 12.3. The van der Waals surface area contributed by atoms with Gasteiger partial charge in [0.15, 0.2) is 0 Å². The molecule has 3 aromatic rings. The predicted octanol–water partition coefficient (Wildman–Crippen LogP) is 3.99. The van der Waals surface area contributed by atoms with Gasteiger partial charge >= 0.3 is 0 Å². The van der Waals surface area contributed by atoms with E-state index in [4.69, 9.17) is 0 Å². The zero-order chi connectivity index (χ0) is 18.2. The van der Waals surface area contributed by atoms with Crippen molar-refractivity contribution in [2.24, 2.45) is 0 Å². The van der Waals surface area contributed by atoms with Gasteiger partial charge in [-0.15, -0.1) is 0 Å². The van der Waals surface area contributed by atoms with E-state index in [1.807, 2.05) is 78.9 Å². The van der Waals surface area contributed by atoms with E-state index in [1.54, 1.807) is 12.1 Å². The summed E-state index contributed by atoms with van der Waals surface area (Å²) in [6, 6.07) is 28.5. The monoisotopic (exact) mass is 343 g/mol. The van der Waals surface area contributed by atoms with Crippen molar-refractivity contribution in [3.8, 4) is 0 Å². The van der Waals surface area contributed by atoms with Crippen LogP contribution in [-0.2, 0) is 10.2 Å². The molecule has 3 rings (SSSR count). The summed E-state index contributed by atoms with van der Waals surface area (Å²) in [7, 11) is 0. The molecule has 1 N–H and O–H groups in total. The van der Waals surface area contributed by atoms with Crippen LogP contribution in [0.5, 0.6) is 0 Å². The van der Waals surface area contributed by atoms with Gasteiger partial charge < -0.3 is 10.1 Å². The Hall–Kier alpha value is -3.20. The van der Waals surface area contributed by atoms with E-state index < -0.39 is 5.41 Å². The summed E-state index contributed by atoms with van der Waals surface area (Å²) in [6.07, 6.45) is 1.48. The number of carbonyl (C=O) groups excluding carboxylic acids is 2. The molecule has 0 spiro atoms. The number of amides is 1. The van der Waals surface area contributed by atoms with Gasteiger partial charge in [0, 0.05) is 12.1 Å². The molecule has 0 aromatic heterocycles. The normalized spacial score (nSPS) is 10.9. The van der Waals surface area contributed by atoms with E-state index in [2.05, 4.69) is 5.32 Å². The Kier molecular flexibility index (Phi) is 5.59. The molecule has 0 heterocycles. The van der Waals surface area contributed by atoms with Gasteiger partial charge in [-0.1, -0.05) is 78.9 Å². The molecule has 3 nitrogen and oxygen atoms in total. The molecule has 0 aliphatic carbocycles. The van der Waals surface area contributed by atoms with E-state index in [0.717, 1.165) is 17.4 Å². The molecular formula is C23H21NO2. The van der Waals surface area contributed by atoms with Crippen molar-refractivity contribution in [2.75, 3.05) is 6.54 Å². The number of aldehydes is 1. The fourth-order valence-electron chi connectivity index (χ4n) is 3.19. The second kappa shape index (κ2) is 8.26. The minimum atomic E-state index is -0.785. The van der Waals surface area contributed by atoms with E-state index >= 15 is 0 Å². The lowest BCUT2D eigenvalue weighted by molar-refractivity contribution is -0.111. The first-order valence-corrected chi connectivity index (χ1v) is 8.67. The molecule has 1 amide bonds. The number of hydrogen-bond acceptors (Lipinski definition) is 2. The molecule has 0 bridgehead atoms. The molecule has 130 valence electrons. The highest BCUT2D eigenvalue weighted by Gasteiger charge is 2.33. The van der Waals surface area contributed by atoms with Gasteiger partial charge in [0.25, 0.3) is 5.91 Å². The average molecular weight is 343 g/mol. The lowest BCUT2D eigenvalue weighted by Gasteiger charge is -2.29. The van der Waals surface area contributed by atoms with Gasteiger partial charge in [-0.25, -0.2) is 0 Å². The standard InChI is InChI=1S/C23H21NO2/c25-18-23(20-12-6-2-7-13-20,21-14-8-3-9-15-21)16-17-24-22(26)19-10-4-1-5-11-19/h1-15,18H,16-17H2,(H,24,26). The van der Waals surface area contributed by atoms with Crippen molar-refractivity contribution in [1.82, 2.24) is 5.32 Å². The van der Waals surface area contributed by atoms with Crippen LogP contribution in [0.3, 0.4) is 0 Å². The third-order valence-corrected chi connectivity index (χ3v) is 4.62. The summed E-state index contributed by atoms with van der Waals surface area (Å²) in [4.78, 5) is 24.6. The predicted molar refractivity (Wildman–Crippen MR) is 103 cm³/mol. The van der Waals surface area contributed by atoms with Crippen LogP contribution in [0.4, 0.5) is 0 Å². The van der Waals surface area contributed by atoms with Gasteiger partial charge in [0.2, 0.25) is 0 Å². The molecule has 0 aliphatic rings. The van der Waals surface area contributed by atoms with E-state index in [0.29, 0.717) is 18.5 Å². The molecule has 0 unspecified atom stereocenters. The smallest absolute Gasteiger partial charge is 0.251 e. The second-order valence-electron chi connectivity index (χ2n) is 6.19. The number of nitrogens with one attached hydrogen (secondary N) is 1. The molecule has 3 aromatic carbocycles. The zero-order valence-corrected chi connectivity index (χ0v) is 14.5. The third-order valence-electron chi connectivity index (χ3n) is 4.62. The van der Waals surface area contributed by atoms with Gasteiger partial charge in [-0.2, -0.15) is 0 Å². The molecule has 0 atom stereocenters. The quantitative estimate of drug-likeness (QED) is 0.659. The summed E-state index contributed by atoms with van der Waals surface area (Å²) < 4.78 is 0. The highest BCUT2D eigenvalue weighted by molar-refractivity contribution is 5.94. The largest absolute Gasteiger partial charge is 0.352 e. The highest BCUT2D eigenvalue weighted by atomic mass is 16.1. The molecule has 0 aliphatic heterocycles. The van der Waals surface area contributed by atoms with E-state index in [1.165, 1.54) is 0 Å². The number of benzene rings is 3. The lowest BCUT2D eigenvalue weighted by Crippen LogP contribution is -2.35. The van der Waals surface area contributed by atoms with Crippen molar-refractivity contribution < 1.29 is 9.59 Å². The summed E-state index contributed by atoms with van der Waals surface area (Å²) in [6.45, 7) is 0.399.